The zero-order chi connectivity index (χ0) is 20.7. The lowest BCUT2D eigenvalue weighted by Crippen LogP contribution is -2.21. The number of nitrogens with zero attached hydrogens (tertiary/aromatic N) is 4. The summed E-state index contributed by atoms with van der Waals surface area (Å²) in [6.07, 6.45) is 3.41. The van der Waals surface area contributed by atoms with Crippen LogP contribution in [-0.4, -0.2) is 19.3 Å². The summed E-state index contributed by atoms with van der Waals surface area (Å²) >= 11 is 0. The zero-order valence-electron chi connectivity index (χ0n) is 16.8. The molecule has 5 nitrogen and oxygen atoms in total. The summed E-state index contributed by atoms with van der Waals surface area (Å²) in [6.45, 7) is 4.01. The highest BCUT2D eigenvalue weighted by Gasteiger charge is 2.18. The minimum Gasteiger partial charge on any atom is -0.317 e. The van der Waals surface area contributed by atoms with Gasteiger partial charge < -0.3 is 4.57 Å². The largest absolute Gasteiger partial charge is 0.317 e. The van der Waals surface area contributed by atoms with E-state index in [1.165, 1.54) is 4.68 Å². The number of benzene rings is 2. The SMILES string of the molecule is Cc1c2cnn(-c3ccccn3)c(=O)c2c(C)n1-c1cccc(-c2ccccc2)c1. The molecule has 0 radical (unpaired) electrons. The topological polar surface area (TPSA) is 52.7 Å². The first kappa shape index (κ1) is 18.1. The van der Waals surface area contributed by atoms with Gasteiger partial charge >= 0.3 is 0 Å². The Morgan fingerprint density at radius 2 is 1.57 bits per heavy atom. The highest BCUT2D eigenvalue weighted by molar-refractivity contribution is 5.88. The molecule has 0 aliphatic carbocycles. The second kappa shape index (κ2) is 7.12. The van der Waals surface area contributed by atoms with Crippen molar-refractivity contribution in [2.24, 2.45) is 0 Å². The van der Waals surface area contributed by atoms with Crippen molar-refractivity contribution in [1.82, 2.24) is 19.3 Å². The molecule has 0 bridgehead atoms. The third kappa shape index (κ3) is 2.83. The van der Waals surface area contributed by atoms with Gasteiger partial charge in [0.15, 0.2) is 5.82 Å². The molecule has 0 spiro atoms. The summed E-state index contributed by atoms with van der Waals surface area (Å²) in [5.41, 5.74) is 5.03. The fourth-order valence-electron chi connectivity index (χ4n) is 4.05. The maximum absolute atomic E-state index is 13.3. The minimum absolute atomic E-state index is 0.162. The van der Waals surface area contributed by atoms with E-state index in [2.05, 4.69) is 45.0 Å². The van der Waals surface area contributed by atoms with Crippen LogP contribution < -0.4 is 5.56 Å². The average Bonchev–Trinajstić information content (AvgIpc) is 3.06. The number of pyridine rings is 1. The second-order valence-corrected chi connectivity index (χ2v) is 7.26. The Kier molecular flexibility index (Phi) is 4.29. The molecule has 146 valence electrons. The van der Waals surface area contributed by atoms with E-state index in [9.17, 15) is 4.79 Å². The van der Waals surface area contributed by atoms with Gasteiger partial charge in [0.25, 0.3) is 5.56 Å². The quantitative estimate of drug-likeness (QED) is 0.441. The monoisotopic (exact) mass is 392 g/mol. The van der Waals surface area contributed by atoms with Gasteiger partial charge in [-0.05, 0) is 49.2 Å². The predicted molar refractivity (Wildman–Crippen MR) is 119 cm³/mol. The molecule has 2 aromatic carbocycles. The summed E-state index contributed by atoms with van der Waals surface area (Å²) < 4.78 is 3.49. The van der Waals surface area contributed by atoms with Gasteiger partial charge in [-0.15, -0.1) is 0 Å². The summed E-state index contributed by atoms with van der Waals surface area (Å²) in [6, 6.07) is 24.1. The molecule has 5 aromatic rings. The van der Waals surface area contributed by atoms with Gasteiger partial charge in [0.2, 0.25) is 0 Å². The van der Waals surface area contributed by atoms with Gasteiger partial charge in [-0.3, -0.25) is 4.79 Å². The Morgan fingerprint density at radius 3 is 2.33 bits per heavy atom. The van der Waals surface area contributed by atoms with Crippen LogP contribution in [0.15, 0.2) is 90.0 Å². The summed E-state index contributed by atoms with van der Waals surface area (Å²) in [4.78, 5) is 17.6. The van der Waals surface area contributed by atoms with E-state index in [1.54, 1.807) is 18.5 Å². The van der Waals surface area contributed by atoms with Gasteiger partial charge in [-0.1, -0.05) is 48.5 Å². The predicted octanol–water partition coefficient (Wildman–Crippen LogP) is 4.86. The van der Waals surface area contributed by atoms with Gasteiger partial charge in [0.05, 0.1) is 11.6 Å². The molecule has 0 aliphatic rings. The standard InChI is InChI=1S/C25H20N4O/c1-17-22-16-27-29(23-13-6-7-14-26-23)25(30)24(22)18(2)28(17)21-12-8-11-20(15-21)19-9-4-3-5-10-19/h3-16H,1-2H3. The molecule has 3 aromatic heterocycles. The second-order valence-electron chi connectivity index (χ2n) is 7.26. The van der Waals surface area contributed by atoms with Crippen LogP contribution in [-0.2, 0) is 0 Å². The average molecular weight is 392 g/mol. The molecule has 0 unspecified atom stereocenters. The van der Waals surface area contributed by atoms with Crippen molar-refractivity contribution in [2.45, 2.75) is 13.8 Å². The smallest absolute Gasteiger partial charge is 0.282 e. The summed E-state index contributed by atoms with van der Waals surface area (Å²) in [5, 5.41) is 5.90. The highest BCUT2D eigenvalue weighted by atomic mass is 16.1. The van der Waals surface area contributed by atoms with Crippen LogP contribution in [0.5, 0.6) is 0 Å². The lowest BCUT2D eigenvalue weighted by molar-refractivity contribution is 0.794. The highest BCUT2D eigenvalue weighted by Crippen LogP contribution is 2.28. The van der Waals surface area contributed by atoms with Crippen molar-refractivity contribution in [3.05, 3.63) is 107 Å². The van der Waals surface area contributed by atoms with E-state index < -0.39 is 0 Å². The third-order valence-corrected chi connectivity index (χ3v) is 5.48. The molecule has 0 saturated carbocycles. The van der Waals surface area contributed by atoms with E-state index in [1.807, 2.05) is 50.2 Å². The number of hydrogen-bond acceptors (Lipinski definition) is 3. The van der Waals surface area contributed by atoms with Crippen LogP contribution in [0.1, 0.15) is 11.4 Å². The lowest BCUT2D eigenvalue weighted by atomic mass is 10.1. The normalized spacial score (nSPS) is 11.1. The van der Waals surface area contributed by atoms with Gasteiger partial charge in [0.1, 0.15) is 0 Å². The van der Waals surface area contributed by atoms with Crippen molar-refractivity contribution in [1.29, 1.82) is 0 Å². The van der Waals surface area contributed by atoms with Crippen molar-refractivity contribution in [2.75, 3.05) is 0 Å². The summed E-state index contributed by atoms with van der Waals surface area (Å²) in [7, 11) is 0. The van der Waals surface area contributed by atoms with Crippen molar-refractivity contribution in [3.8, 4) is 22.6 Å². The van der Waals surface area contributed by atoms with E-state index in [0.29, 0.717) is 11.2 Å². The molecule has 5 rings (SSSR count). The first-order valence-electron chi connectivity index (χ1n) is 9.82. The Morgan fingerprint density at radius 1 is 0.800 bits per heavy atom. The molecule has 5 heteroatoms. The van der Waals surface area contributed by atoms with Crippen molar-refractivity contribution < 1.29 is 0 Å². The summed E-state index contributed by atoms with van der Waals surface area (Å²) in [5.74, 6) is 0.514. The van der Waals surface area contributed by atoms with Crippen LogP contribution >= 0.6 is 0 Å². The van der Waals surface area contributed by atoms with E-state index in [4.69, 9.17) is 0 Å². The molecular weight excluding hydrogens is 372 g/mol. The van der Waals surface area contributed by atoms with Crippen LogP contribution in [0.25, 0.3) is 33.4 Å². The maximum atomic E-state index is 13.3. The van der Waals surface area contributed by atoms with Crippen LogP contribution in [0, 0.1) is 13.8 Å². The van der Waals surface area contributed by atoms with E-state index in [0.717, 1.165) is 33.6 Å². The molecule has 0 N–H and O–H groups in total. The number of aryl methyl sites for hydroxylation is 2. The first-order valence-corrected chi connectivity index (χ1v) is 9.82. The fraction of sp³-hybridized carbons (Fsp3) is 0.0800. The first-order chi connectivity index (χ1) is 14.6. The number of rotatable bonds is 3. The molecular formula is C25H20N4O. The molecule has 0 aliphatic heterocycles. The molecule has 0 saturated heterocycles. The number of aromatic nitrogens is 4. The fourth-order valence-corrected chi connectivity index (χ4v) is 4.05. The number of hydrogen-bond donors (Lipinski definition) is 0. The lowest BCUT2D eigenvalue weighted by Gasteiger charge is -2.11. The maximum Gasteiger partial charge on any atom is 0.282 e. The van der Waals surface area contributed by atoms with Crippen LogP contribution in [0.3, 0.4) is 0 Å². The van der Waals surface area contributed by atoms with Gasteiger partial charge in [0, 0.05) is 28.7 Å². The number of fused-ring (bicyclic) bond motifs is 1. The Balaban J connectivity index is 1.72. The van der Waals surface area contributed by atoms with E-state index in [-0.39, 0.29) is 5.56 Å². The van der Waals surface area contributed by atoms with E-state index >= 15 is 0 Å². The van der Waals surface area contributed by atoms with Crippen molar-refractivity contribution in [3.63, 3.8) is 0 Å². The Hall–Kier alpha value is -3.99. The third-order valence-electron chi connectivity index (χ3n) is 5.48. The van der Waals surface area contributed by atoms with Crippen molar-refractivity contribution >= 4 is 10.8 Å². The molecule has 0 fully saturated rings. The van der Waals surface area contributed by atoms with Gasteiger partial charge in [-0.25, -0.2) is 4.98 Å². The zero-order valence-corrected chi connectivity index (χ0v) is 16.8. The van der Waals surface area contributed by atoms with Crippen LogP contribution in [0.2, 0.25) is 0 Å². The van der Waals surface area contributed by atoms with Crippen LogP contribution in [0.4, 0.5) is 0 Å². The molecule has 0 atom stereocenters. The Bertz CT molecular complexity index is 1420. The minimum atomic E-state index is -0.162. The molecule has 30 heavy (non-hydrogen) atoms. The Labute approximate surface area is 173 Å². The molecule has 0 amide bonds. The molecule has 3 heterocycles. The van der Waals surface area contributed by atoms with Gasteiger partial charge in [-0.2, -0.15) is 9.78 Å².